The highest BCUT2D eigenvalue weighted by atomic mass is 35.5. The normalized spacial score (nSPS) is 14.4. The van der Waals surface area contributed by atoms with Crippen LogP contribution in [-0.2, 0) is 16.4 Å². The van der Waals surface area contributed by atoms with Crippen LogP contribution in [0.1, 0.15) is 5.56 Å². The number of para-hydroxylation sites is 1. The fourth-order valence-electron chi connectivity index (χ4n) is 2.36. The number of rotatable bonds is 2. The summed E-state index contributed by atoms with van der Waals surface area (Å²) in [4.78, 5) is -0.349. The van der Waals surface area contributed by atoms with E-state index in [1.54, 1.807) is 12.1 Å². The molecule has 104 valence electrons. The van der Waals surface area contributed by atoms with Crippen molar-refractivity contribution >= 4 is 27.3 Å². The molecule has 1 aliphatic rings. The minimum absolute atomic E-state index is 0.170. The predicted molar refractivity (Wildman–Crippen MR) is 76.1 cm³/mol. The number of halogens is 2. The Labute approximate surface area is 121 Å². The van der Waals surface area contributed by atoms with Crippen LogP contribution < -0.4 is 4.31 Å². The Balaban J connectivity index is 2.10. The van der Waals surface area contributed by atoms with Gasteiger partial charge in [0.1, 0.15) is 10.7 Å². The van der Waals surface area contributed by atoms with E-state index >= 15 is 0 Å². The van der Waals surface area contributed by atoms with E-state index in [4.69, 9.17) is 11.6 Å². The van der Waals surface area contributed by atoms with Crippen LogP contribution in [0.2, 0.25) is 5.02 Å². The highest BCUT2D eigenvalue weighted by molar-refractivity contribution is 7.92. The van der Waals surface area contributed by atoms with Gasteiger partial charge in [-0.2, -0.15) is 0 Å². The molecule has 3 nitrogen and oxygen atoms in total. The van der Waals surface area contributed by atoms with Crippen molar-refractivity contribution in [1.29, 1.82) is 0 Å². The number of fused-ring (bicyclic) bond motifs is 1. The van der Waals surface area contributed by atoms with Gasteiger partial charge in [-0.3, -0.25) is 4.31 Å². The molecule has 0 aliphatic carbocycles. The molecule has 0 aromatic heterocycles. The first-order chi connectivity index (χ1) is 9.50. The Morgan fingerprint density at radius 1 is 1.15 bits per heavy atom. The highest BCUT2D eigenvalue weighted by Gasteiger charge is 2.32. The Morgan fingerprint density at radius 3 is 2.65 bits per heavy atom. The number of anilines is 1. The highest BCUT2D eigenvalue weighted by Crippen LogP contribution is 2.33. The number of sulfonamides is 1. The fourth-order valence-corrected chi connectivity index (χ4v) is 4.07. The van der Waals surface area contributed by atoms with E-state index in [0.717, 1.165) is 11.6 Å². The zero-order valence-electron chi connectivity index (χ0n) is 10.4. The standard InChI is InChI=1S/C14H11ClFNO2S/c15-11-5-6-14(12(16)9-11)20(18,19)17-8-7-10-3-1-2-4-13(10)17/h1-6,9H,7-8H2. The summed E-state index contributed by atoms with van der Waals surface area (Å²) in [6.45, 7) is 0.323. The first kappa shape index (κ1) is 13.4. The largest absolute Gasteiger partial charge is 0.267 e. The fraction of sp³-hybridized carbons (Fsp3) is 0.143. The van der Waals surface area contributed by atoms with Crippen LogP contribution in [-0.4, -0.2) is 15.0 Å². The van der Waals surface area contributed by atoms with Gasteiger partial charge >= 0.3 is 0 Å². The van der Waals surface area contributed by atoms with Crippen LogP contribution in [0.25, 0.3) is 0 Å². The lowest BCUT2D eigenvalue weighted by Crippen LogP contribution is -2.29. The van der Waals surface area contributed by atoms with Crippen molar-refractivity contribution in [3.8, 4) is 0 Å². The molecule has 2 aromatic rings. The molecular weight excluding hydrogens is 301 g/mol. The molecule has 0 radical (unpaired) electrons. The topological polar surface area (TPSA) is 37.4 Å². The minimum Gasteiger partial charge on any atom is -0.266 e. The first-order valence-electron chi connectivity index (χ1n) is 6.06. The van der Waals surface area contributed by atoms with E-state index in [0.29, 0.717) is 18.7 Å². The molecule has 0 amide bonds. The minimum atomic E-state index is -3.90. The maximum Gasteiger partial charge on any atom is 0.267 e. The molecule has 6 heteroatoms. The summed E-state index contributed by atoms with van der Waals surface area (Å²) < 4.78 is 40.3. The van der Waals surface area contributed by atoms with Crippen molar-refractivity contribution in [2.75, 3.05) is 10.8 Å². The second-order valence-electron chi connectivity index (χ2n) is 4.53. The molecule has 0 saturated heterocycles. The van der Waals surface area contributed by atoms with Gasteiger partial charge < -0.3 is 0 Å². The van der Waals surface area contributed by atoms with Gasteiger partial charge in [-0.05, 0) is 36.2 Å². The summed E-state index contributed by atoms with van der Waals surface area (Å²) in [5.74, 6) is -0.832. The Morgan fingerprint density at radius 2 is 1.90 bits per heavy atom. The molecule has 20 heavy (non-hydrogen) atoms. The lowest BCUT2D eigenvalue weighted by molar-refractivity contribution is 0.564. The van der Waals surface area contributed by atoms with Gasteiger partial charge in [-0.25, -0.2) is 12.8 Å². The van der Waals surface area contributed by atoms with E-state index in [2.05, 4.69) is 0 Å². The van der Waals surface area contributed by atoms with E-state index in [-0.39, 0.29) is 9.92 Å². The molecule has 1 heterocycles. The number of hydrogen-bond donors (Lipinski definition) is 0. The maximum absolute atomic E-state index is 13.9. The second-order valence-corrected chi connectivity index (χ2v) is 6.80. The van der Waals surface area contributed by atoms with Crippen molar-refractivity contribution in [2.24, 2.45) is 0 Å². The molecule has 1 aliphatic heterocycles. The SMILES string of the molecule is O=S(=O)(c1ccc(Cl)cc1F)N1CCc2ccccc21. The lowest BCUT2D eigenvalue weighted by atomic mass is 10.2. The van der Waals surface area contributed by atoms with Crippen molar-refractivity contribution < 1.29 is 12.8 Å². The van der Waals surface area contributed by atoms with Crippen LogP contribution in [0.3, 0.4) is 0 Å². The summed E-state index contributed by atoms with van der Waals surface area (Å²) in [7, 11) is -3.90. The van der Waals surface area contributed by atoms with Crippen LogP contribution in [0.5, 0.6) is 0 Å². The Hall–Kier alpha value is -1.59. The van der Waals surface area contributed by atoms with Crippen molar-refractivity contribution in [3.63, 3.8) is 0 Å². The first-order valence-corrected chi connectivity index (χ1v) is 7.87. The summed E-state index contributed by atoms with van der Waals surface area (Å²) >= 11 is 5.66. The monoisotopic (exact) mass is 311 g/mol. The smallest absolute Gasteiger partial charge is 0.266 e. The molecular formula is C14H11ClFNO2S. The molecule has 0 unspecified atom stereocenters. The zero-order chi connectivity index (χ0) is 14.3. The van der Waals surface area contributed by atoms with Crippen molar-refractivity contribution in [3.05, 3.63) is 58.9 Å². The lowest BCUT2D eigenvalue weighted by Gasteiger charge is -2.19. The molecule has 0 N–H and O–H groups in total. The summed E-state index contributed by atoms with van der Waals surface area (Å²) in [6.07, 6.45) is 0.630. The molecule has 0 saturated carbocycles. The molecule has 0 fully saturated rings. The summed E-state index contributed by atoms with van der Waals surface area (Å²) in [6, 6.07) is 10.8. The second kappa shape index (κ2) is 4.75. The van der Waals surface area contributed by atoms with Crippen molar-refractivity contribution in [2.45, 2.75) is 11.3 Å². The third kappa shape index (κ3) is 2.07. The molecule has 3 rings (SSSR count). The van der Waals surface area contributed by atoms with Crippen LogP contribution in [0.4, 0.5) is 10.1 Å². The van der Waals surface area contributed by atoms with Gasteiger partial charge in [0, 0.05) is 11.6 Å². The third-order valence-electron chi connectivity index (χ3n) is 3.31. The van der Waals surface area contributed by atoms with Crippen LogP contribution >= 0.6 is 11.6 Å². The van der Waals surface area contributed by atoms with E-state index in [1.165, 1.54) is 16.4 Å². The summed E-state index contributed by atoms with van der Waals surface area (Å²) in [5.41, 5.74) is 1.56. The van der Waals surface area contributed by atoms with Crippen LogP contribution in [0.15, 0.2) is 47.4 Å². The average Bonchev–Trinajstić information content (AvgIpc) is 2.82. The van der Waals surface area contributed by atoms with Gasteiger partial charge in [0.25, 0.3) is 10.0 Å². The van der Waals surface area contributed by atoms with E-state index in [9.17, 15) is 12.8 Å². The van der Waals surface area contributed by atoms with Gasteiger partial charge in [-0.15, -0.1) is 0 Å². The summed E-state index contributed by atoms with van der Waals surface area (Å²) in [5, 5.41) is 0.170. The maximum atomic E-state index is 13.9. The number of nitrogens with zero attached hydrogens (tertiary/aromatic N) is 1. The zero-order valence-corrected chi connectivity index (χ0v) is 12.0. The van der Waals surface area contributed by atoms with Crippen molar-refractivity contribution in [1.82, 2.24) is 0 Å². The molecule has 0 atom stereocenters. The van der Waals surface area contributed by atoms with Gasteiger partial charge in [0.15, 0.2) is 0 Å². The van der Waals surface area contributed by atoms with E-state index in [1.807, 2.05) is 12.1 Å². The van der Waals surface area contributed by atoms with Crippen LogP contribution in [0, 0.1) is 5.82 Å². The Bertz CT molecular complexity index is 776. The number of benzene rings is 2. The van der Waals surface area contributed by atoms with Gasteiger partial charge in [0.05, 0.1) is 5.69 Å². The molecule has 0 bridgehead atoms. The third-order valence-corrected chi connectivity index (χ3v) is 5.39. The number of hydrogen-bond acceptors (Lipinski definition) is 2. The quantitative estimate of drug-likeness (QED) is 0.854. The Kier molecular flexibility index (Phi) is 3.18. The molecule has 2 aromatic carbocycles. The van der Waals surface area contributed by atoms with E-state index < -0.39 is 15.8 Å². The molecule has 0 spiro atoms. The average molecular weight is 312 g/mol. The predicted octanol–water partition coefficient (Wildman–Crippen LogP) is 3.23. The van der Waals surface area contributed by atoms with Gasteiger partial charge in [-0.1, -0.05) is 29.8 Å². The van der Waals surface area contributed by atoms with Gasteiger partial charge in [0.2, 0.25) is 0 Å².